The van der Waals surface area contributed by atoms with Gasteiger partial charge in [0.2, 0.25) is 0 Å². The Balaban J connectivity index is 3.28. The summed E-state index contributed by atoms with van der Waals surface area (Å²) in [7, 11) is 0. The van der Waals surface area contributed by atoms with Gasteiger partial charge in [-0.05, 0) is 20.3 Å². The molecule has 0 aromatic rings. The summed E-state index contributed by atoms with van der Waals surface area (Å²) in [5.41, 5.74) is 0. The van der Waals surface area contributed by atoms with Gasteiger partial charge in [-0.1, -0.05) is 6.92 Å². The fraction of sp³-hybridized carbons (Fsp3) is 1.00. The first kappa shape index (κ1) is 14.8. The van der Waals surface area contributed by atoms with Gasteiger partial charge < -0.3 is 18.9 Å². The summed E-state index contributed by atoms with van der Waals surface area (Å²) in [6.45, 7) is 9.74. The number of rotatable bonds is 11. The normalized spacial score (nSPS) is 11.2. The van der Waals surface area contributed by atoms with Crippen LogP contribution >= 0.6 is 0 Å². The van der Waals surface area contributed by atoms with E-state index in [2.05, 4.69) is 6.92 Å². The Morgan fingerprint density at radius 2 is 1.40 bits per heavy atom. The lowest BCUT2D eigenvalue weighted by atomic mass is 10.5. The van der Waals surface area contributed by atoms with E-state index in [1.165, 1.54) is 0 Å². The average molecular weight is 220 g/mol. The predicted molar refractivity (Wildman–Crippen MR) is 59.0 cm³/mol. The van der Waals surface area contributed by atoms with Crippen molar-refractivity contribution in [2.45, 2.75) is 33.5 Å². The summed E-state index contributed by atoms with van der Waals surface area (Å²) >= 11 is 0. The van der Waals surface area contributed by atoms with Gasteiger partial charge in [-0.15, -0.1) is 0 Å². The summed E-state index contributed by atoms with van der Waals surface area (Å²) in [6.07, 6.45) is 0.798. The molecule has 0 aromatic heterocycles. The third-order valence-corrected chi connectivity index (χ3v) is 1.68. The molecule has 0 amide bonds. The molecule has 4 heteroatoms. The summed E-state index contributed by atoms with van der Waals surface area (Å²) in [6, 6.07) is 0. The Kier molecular flexibility index (Phi) is 11.8. The Hall–Kier alpha value is -0.160. The summed E-state index contributed by atoms with van der Waals surface area (Å²) in [5, 5.41) is 0. The van der Waals surface area contributed by atoms with Crippen LogP contribution in [0.15, 0.2) is 0 Å². The predicted octanol–water partition coefficient (Wildman–Crippen LogP) is 1.83. The average Bonchev–Trinajstić information content (AvgIpc) is 2.24. The third-order valence-electron chi connectivity index (χ3n) is 1.68. The van der Waals surface area contributed by atoms with Gasteiger partial charge in [-0.3, -0.25) is 0 Å². The molecule has 0 aliphatic rings. The zero-order valence-electron chi connectivity index (χ0n) is 10.2. The first-order valence-corrected chi connectivity index (χ1v) is 5.73. The SMILES string of the molecule is CCCOCCOCC(OCC)OCC. The molecule has 0 unspecified atom stereocenters. The van der Waals surface area contributed by atoms with E-state index in [0.717, 1.165) is 13.0 Å². The van der Waals surface area contributed by atoms with E-state index in [-0.39, 0.29) is 6.29 Å². The lowest BCUT2D eigenvalue weighted by molar-refractivity contribution is -0.169. The Bertz CT molecular complexity index is 113. The minimum absolute atomic E-state index is 0.244. The topological polar surface area (TPSA) is 36.9 Å². The van der Waals surface area contributed by atoms with Gasteiger partial charge in [-0.2, -0.15) is 0 Å². The molecule has 92 valence electrons. The van der Waals surface area contributed by atoms with Crippen molar-refractivity contribution in [2.24, 2.45) is 0 Å². The van der Waals surface area contributed by atoms with Crippen LogP contribution in [0.2, 0.25) is 0 Å². The molecule has 0 aliphatic carbocycles. The van der Waals surface area contributed by atoms with Gasteiger partial charge >= 0.3 is 0 Å². The molecule has 0 saturated heterocycles. The van der Waals surface area contributed by atoms with Gasteiger partial charge in [-0.25, -0.2) is 0 Å². The number of hydrogen-bond donors (Lipinski definition) is 0. The highest BCUT2D eigenvalue weighted by Gasteiger charge is 2.06. The largest absolute Gasteiger partial charge is 0.379 e. The van der Waals surface area contributed by atoms with Crippen molar-refractivity contribution >= 4 is 0 Å². The molecule has 0 aromatic carbocycles. The van der Waals surface area contributed by atoms with Crippen molar-refractivity contribution in [1.82, 2.24) is 0 Å². The molecule has 15 heavy (non-hydrogen) atoms. The monoisotopic (exact) mass is 220 g/mol. The van der Waals surface area contributed by atoms with E-state index in [4.69, 9.17) is 18.9 Å². The zero-order chi connectivity index (χ0) is 11.4. The van der Waals surface area contributed by atoms with Gasteiger partial charge in [0.1, 0.15) is 0 Å². The molecule has 4 nitrogen and oxygen atoms in total. The van der Waals surface area contributed by atoms with Gasteiger partial charge in [0.15, 0.2) is 6.29 Å². The van der Waals surface area contributed by atoms with Crippen LogP contribution in [-0.4, -0.2) is 45.9 Å². The smallest absolute Gasteiger partial charge is 0.180 e. The molecule has 0 fully saturated rings. The van der Waals surface area contributed by atoms with Crippen molar-refractivity contribution in [3.63, 3.8) is 0 Å². The van der Waals surface area contributed by atoms with Crippen LogP contribution in [0.3, 0.4) is 0 Å². The van der Waals surface area contributed by atoms with Crippen LogP contribution in [-0.2, 0) is 18.9 Å². The minimum Gasteiger partial charge on any atom is -0.379 e. The van der Waals surface area contributed by atoms with E-state index in [1.54, 1.807) is 0 Å². The maximum atomic E-state index is 5.37. The van der Waals surface area contributed by atoms with Crippen LogP contribution in [0.4, 0.5) is 0 Å². The second kappa shape index (κ2) is 11.9. The fourth-order valence-electron chi connectivity index (χ4n) is 1.06. The minimum atomic E-state index is -0.244. The van der Waals surface area contributed by atoms with E-state index in [1.807, 2.05) is 13.8 Å². The van der Waals surface area contributed by atoms with Crippen molar-refractivity contribution in [3.8, 4) is 0 Å². The van der Waals surface area contributed by atoms with E-state index in [9.17, 15) is 0 Å². The highest BCUT2D eigenvalue weighted by atomic mass is 16.7. The molecule has 0 N–H and O–H groups in total. The van der Waals surface area contributed by atoms with E-state index >= 15 is 0 Å². The zero-order valence-corrected chi connectivity index (χ0v) is 10.2. The lowest BCUT2D eigenvalue weighted by Crippen LogP contribution is -2.24. The molecule has 0 radical (unpaired) electrons. The number of hydrogen-bond acceptors (Lipinski definition) is 4. The number of ether oxygens (including phenoxy) is 4. The Morgan fingerprint density at radius 3 is 1.93 bits per heavy atom. The highest BCUT2D eigenvalue weighted by molar-refractivity contribution is 4.41. The molecule has 0 heterocycles. The van der Waals surface area contributed by atoms with Crippen molar-refractivity contribution < 1.29 is 18.9 Å². The molecule has 0 atom stereocenters. The van der Waals surface area contributed by atoms with Crippen LogP contribution in [0.1, 0.15) is 27.2 Å². The summed E-state index contributed by atoms with van der Waals surface area (Å²) in [4.78, 5) is 0. The molecular weight excluding hydrogens is 196 g/mol. The Labute approximate surface area is 92.8 Å². The molecule has 0 bridgehead atoms. The fourth-order valence-corrected chi connectivity index (χ4v) is 1.06. The van der Waals surface area contributed by atoms with Gasteiger partial charge in [0.05, 0.1) is 19.8 Å². The van der Waals surface area contributed by atoms with Crippen LogP contribution in [0.25, 0.3) is 0 Å². The molecule has 0 saturated carbocycles. The standard InChI is InChI=1S/C11H24O4/c1-4-7-12-8-9-13-10-11(14-5-2)15-6-3/h11H,4-10H2,1-3H3. The van der Waals surface area contributed by atoms with E-state index < -0.39 is 0 Å². The first-order chi connectivity index (χ1) is 7.35. The first-order valence-electron chi connectivity index (χ1n) is 5.73. The third kappa shape index (κ3) is 10.1. The molecule has 0 rings (SSSR count). The maximum absolute atomic E-state index is 5.37. The molecule has 0 aliphatic heterocycles. The van der Waals surface area contributed by atoms with Crippen LogP contribution in [0, 0.1) is 0 Å². The summed E-state index contributed by atoms with van der Waals surface area (Å²) < 4.78 is 21.3. The Morgan fingerprint density at radius 1 is 0.800 bits per heavy atom. The summed E-state index contributed by atoms with van der Waals surface area (Å²) in [5.74, 6) is 0. The van der Waals surface area contributed by atoms with Crippen molar-refractivity contribution in [2.75, 3.05) is 39.6 Å². The van der Waals surface area contributed by atoms with Crippen molar-refractivity contribution in [3.05, 3.63) is 0 Å². The molecule has 0 spiro atoms. The van der Waals surface area contributed by atoms with Gasteiger partial charge in [0.25, 0.3) is 0 Å². The van der Waals surface area contributed by atoms with Crippen molar-refractivity contribution in [1.29, 1.82) is 0 Å². The van der Waals surface area contributed by atoms with Crippen LogP contribution in [0.5, 0.6) is 0 Å². The van der Waals surface area contributed by atoms with Crippen LogP contribution < -0.4 is 0 Å². The second-order valence-corrected chi connectivity index (χ2v) is 3.03. The lowest BCUT2D eigenvalue weighted by Gasteiger charge is -2.16. The van der Waals surface area contributed by atoms with Gasteiger partial charge in [0, 0.05) is 19.8 Å². The quantitative estimate of drug-likeness (QED) is 0.393. The molecular formula is C11H24O4. The maximum Gasteiger partial charge on any atom is 0.180 e. The van der Waals surface area contributed by atoms with E-state index in [0.29, 0.717) is 33.0 Å². The second-order valence-electron chi connectivity index (χ2n) is 3.03. The highest BCUT2D eigenvalue weighted by Crippen LogP contribution is 1.96.